The summed E-state index contributed by atoms with van der Waals surface area (Å²) in [5.74, 6) is 0.567. The van der Waals surface area contributed by atoms with Crippen LogP contribution in [0.15, 0.2) is 79.4 Å². The highest BCUT2D eigenvalue weighted by atomic mass is 16.5. The van der Waals surface area contributed by atoms with E-state index < -0.39 is 0 Å². The zero-order valence-corrected chi connectivity index (χ0v) is 21.8. The first-order valence-electron chi connectivity index (χ1n) is 12.7. The van der Waals surface area contributed by atoms with Crippen LogP contribution < -0.4 is 4.74 Å². The molecule has 1 N–H and O–H groups in total. The number of fused-ring (bicyclic) bond motifs is 1. The van der Waals surface area contributed by atoms with Gasteiger partial charge in [-0.15, -0.1) is 0 Å². The molecular formula is C30H30N6O2. The number of aromatic nitrogens is 4. The zero-order valence-electron chi connectivity index (χ0n) is 21.8. The molecule has 38 heavy (non-hydrogen) atoms. The molecular weight excluding hydrogens is 476 g/mol. The highest BCUT2D eigenvalue weighted by Crippen LogP contribution is 2.33. The highest BCUT2D eigenvalue weighted by molar-refractivity contribution is 5.99. The third-order valence-electron chi connectivity index (χ3n) is 7.31. The summed E-state index contributed by atoms with van der Waals surface area (Å²) >= 11 is 0. The molecule has 0 atom stereocenters. The van der Waals surface area contributed by atoms with Crippen molar-refractivity contribution in [1.29, 1.82) is 0 Å². The van der Waals surface area contributed by atoms with Crippen molar-refractivity contribution in [3.05, 3.63) is 90.5 Å². The lowest BCUT2D eigenvalue weighted by Gasteiger charge is -2.42. The van der Waals surface area contributed by atoms with Gasteiger partial charge in [0.1, 0.15) is 11.4 Å². The van der Waals surface area contributed by atoms with E-state index in [0.29, 0.717) is 23.9 Å². The van der Waals surface area contributed by atoms with E-state index >= 15 is 0 Å². The molecule has 1 amide bonds. The molecule has 8 heteroatoms. The number of hydrogen-bond donors (Lipinski definition) is 1. The maximum atomic E-state index is 13.1. The number of pyridine rings is 1. The molecule has 8 nitrogen and oxygen atoms in total. The summed E-state index contributed by atoms with van der Waals surface area (Å²) in [6.45, 7) is 2.18. The average molecular weight is 507 g/mol. The molecule has 0 spiro atoms. The number of rotatable bonds is 7. The predicted molar refractivity (Wildman–Crippen MR) is 148 cm³/mol. The molecule has 0 radical (unpaired) electrons. The number of carbonyl (C=O) groups is 1. The average Bonchev–Trinajstić information content (AvgIpc) is 3.54. The second kappa shape index (κ2) is 9.79. The van der Waals surface area contributed by atoms with Gasteiger partial charge < -0.3 is 19.5 Å². The van der Waals surface area contributed by atoms with Gasteiger partial charge in [0.15, 0.2) is 0 Å². The summed E-state index contributed by atoms with van der Waals surface area (Å²) in [5, 5.41) is 5.58. The summed E-state index contributed by atoms with van der Waals surface area (Å²) in [6, 6.07) is 18.6. The second-order valence-electron chi connectivity index (χ2n) is 9.98. The van der Waals surface area contributed by atoms with Crippen molar-refractivity contribution in [2.45, 2.75) is 12.6 Å². The monoisotopic (exact) mass is 506 g/mol. The van der Waals surface area contributed by atoms with Crippen molar-refractivity contribution >= 4 is 16.9 Å². The van der Waals surface area contributed by atoms with E-state index in [4.69, 9.17) is 4.74 Å². The summed E-state index contributed by atoms with van der Waals surface area (Å²) in [4.78, 5) is 25.0. The fraction of sp³-hybridized carbons (Fsp3) is 0.233. The van der Waals surface area contributed by atoms with Crippen molar-refractivity contribution < 1.29 is 9.53 Å². The summed E-state index contributed by atoms with van der Waals surface area (Å²) in [5.41, 5.74) is 6.55. The van der Waals surface area contributed by atoms with Gasteiger partial charge in [-0.3, -0.25) is 9.48 Å². The normalized spacial score (nSPS) is 13.7. The molecule has 0 unspecified atom stereocenters. The SMILES string of the molecule is COc1cc(-c2cnc3[nH]cc(-c4cnn(Cc5ccccc5)c4)c3c2)ccc1C(=O)N1CC(N(C)C)C1. The van der Waals surface area contributed by atoms with Crippen LogP contribution in [0.25, 0.3) is 33.3 Å². The third-order valence-corrected chi connectivity index (χ3v) is 7.31. The van der Waals surface area contributed by atoms with Crippen molar-refractivity contribution in [1.82, 2.24) is 29.5 Å². The predicted octanol–water partition coefficient (Wildman–Crippen LogP) is 4.54. The van der Waals surface area contributed by atoms with Crippen LogP contribution in [0.3, 0.4) is 0 Å². The van der Waals surface area contributed by atoms with Gasteiger partial charge in [-0.1, -0.05) is 36.4 Å². The minimum atomic E-state index is 0.000475. The highest BCUT2D eigenvalue weighted by Gasteiger charge is 2.33. The Morgan fingerprint density at radius 1 is 1.05 bits per heavy atom. The minimum Gasteiger partial charge on any atom is -0.496 e. The zero-order chi connectivity index (χ0) is 26.2. The number of nitrogens with zero attached hydrogens (tertiary/aromatic N) is 5. The van der Waals surface area contributed by atoms with Crippen LogP contribution >= 0.6 is 0 Å². The molecule has 2 aromatic carbocycles. The number of hydrogen-bond acceptors (Lipinski definition) is 5. The van der Waals surface area contributed by atoms with E-state index in [2.05, 4.69) is 44.4 Å². The number of aromatic amines is 1. The van der Waals surface area contributed by atoms with Crippen LogP contribution in [-0.2, 0) is 6.54 Å². The van der Waals surface area contributed by atoms with Gasteiger partial charge >= 0.3 is 0 Å². The lowest BCUT2D eigenvalue weighted by atomic mass is 10.0. The van der Waals surface area contributed by atoms with Crippen LogP contribution in [0, 0.1) is 0 Å². The van der Waals surface area contributed by atoms with E-state index in [1.54, 1.807) is 7.11 Å². The van der Waals surface area contributed by atoms with Crippen LogP contribution in [0.5, 0.6) is 5.75 Å². The van der Waals surface area contributed by atoms with Gasteiger partial charge in [0.25, 0.3) is 5.91 Å². The van der Waals surface area contributed by atoms with Gasteiger partial charge in [-0.05, 0) is 43.4 Å². The maximum Gasteiger partial charge on any atom is 0.257 e. The molecule has 4 heterocycles. The van der Waals surface area contributed by atoms with Crippen LogP contribution in [0.1, 0.15) is 15.9 Å². The first kappa shape index (κ1) is 23.9. The summed E-state index contributed by atoms with van der Waals surface area (Å²) in [7, 11) is 5.69. The third kappa shape index (κ3) is 4.43. The fourth-order valence-electron chi connectivity index (χ4n) is 4.93. The number of nitrogens with one attached hydrogen (secondary N) is 1. The van der Waals surface area contributed by atoms with Crippen molar-refractivity contribution in [2.75, 3.05) is 34.3 Å². The topological polar surface area (TPSA) is 79.3 Å². The van der Waals surface area contributed by atoms with Crippen LogP contribution in [0.2, 0.25) is 0 Å². The molecule has 0 saturated carbocycles. The van der Waals surface area contributed by atoms with Crippen LogP contribution in [0.4, 0.5) is 0 Å². The Labute approximate surface area is 221 Å². The standard InChI is InChI=1S/C30H30N6O2/c1-34(2)24-18-35(19-24)30(37)25-10-9-21(12-28(25)38-3)22-11-26-27(15-32-29(26)31-13-22)23-14-33-36(17-23)16-20-7-5-4-6-8-20/h4-15,17,24H,16,18-19H2,1-3H3,(H,31,32). The molecule has 1 fully saturated rings. The number of benzene rings is 2. The van der Waals surface area contributed by atoms with E-state index in [0.717, 1.165) is 46.4 Å². The lowest BCUT2D eigenvalue weighted by Crippen LogP contribution is -2.59. The number of amides is 1. The van der Waals surface area contributed by atoms with E-state index in [9.17, 15) is 4.79 Å². The number of methoxy groups -OCH3 is 1. The van der Waals surface area contributed by atoms with Crippen molar-refractivity contribution in [2.24, 2.45) is 0 Å². The van der Waals surface area contributed by atoms with Crippen molar-refractivity contribution in [3.63, 3.8) is 0 Å². The number of carbonyl (C=O) groups excluding carboxylic acids is 1. The summed E-state index contributed by atoms with van der Waals surface area (Å²) < 4.78 is 7.59. The molecule has 3 aromatic heterocycles. The Morgan fingerprint density at radius 2 is 1.87 bits per heavy atom. The second-order valence-corrected chi connectivity index (χ2v) is 9.98. The Morgan fingerprint density at radius 3 is 2.63 bits per heavy atom. The van der Waals surface area contributed by atoms with Crippen molar-refractivity contribution in [3.8, 4) is 28.0 Å². The molecule has 6 rings (SSSR count). The molecule has 0 aliphatic carbocycles. The largest absolute Gasteiger partial charge is 0.496 e. The van der Waals surface area contributed by atoms with E-state index in [-0.39, 0.29) is 5.91 Å². The van der Waals surface area contributed by atoms with Gasteiger partial charge in [0, 0.05) is 59.8 Å². The molecule has 0 bridgehead atoms. The fourth-order valence-corrected chi connectivity index (χ4v) is 4.93. The molecule has 1 saturated heterocycles. The van der Waals surface area contributed by atoms with Gasteiger partial charge in [-0.2, -0.15) is 5.10 Å². The summed E-state index contributed by atoms with van der Waals surface area (Å²) in [6.07, 6.45) is 7.76. The first-order valence-corrected chi connectivity index (χ1v) is 12.7. The number of likely N-dealkylation sites (N-methyl/N-ethyl adjacent to an activating group) is 1. The van der Waals surface area contributed by atoms with Gasteiger partial charge in [0.05, 0.1) is 25.4 Å². The maximum absolute atomic E-state index is 13.1. The van der Waals surface area contributed by atoms with Crippen LogP contribution in [-0.4, -0.2) is 75.8 Å². The first-order chi connectivity index (χ1) is 18.5. The smallest absolute Gasteiger partial charge is 0.257 e. The minimum absolute atomic E-state index is 0.000475. The lowest BCUT2D eigenvalue weighted by molar-refractivity contribution is 0.0396. The Hall–Kier alpha value is -4.43. The van der Waals surface area contributed by atoms with E-state index in [1.165, 1.54) is 5.56 Å². The van der Waals surface area contributed by atoms with Gasteiger partial charge in [0.2, 0.25) is 0 Å². The van der Waals surface area contributed by atoms with Gasteiger partial charge in [-0.25, -0.2) is 4.98 Å². The molecule has 1 aliphatic heterocycles. The quantitative estimate of drug-likeness (QED) is 0.351. The molecule has 1 aliphatic rings. The Balaban J connectivity index is 1.27. The Bertz CT molecular complexity index is 1600. The number of H-pyrrole nitrogens is 1. The van der Waals surface area contributed by atoms with E-state index in [1.807, 2.05) is 78.7 Å². The Kier molecular flexibility index (Phi) is 6.17. The number of likely N-dealkylation sites (tertiary alicyclic amines) is 1. The number of ether oxygens (including phenoxy) is 1. The molecule has 192 valence electrons. The molecule has 5 aromatic rings.